The Morgan fingerprint density at radius 1 is 1.37 bits per heavy atom. The molecular formula is C14H25NO4. The summed E-state index contributed by atoms with van der Waals surface area (Å²) in [5, 5.41) is 2.69. The lowest BCUT2D eigenvalue weighted by molar-refractivity contribution is -0.125. The number of ketones is 1. The molecule has 0 radical (unpaired) electrons. The van der Waals surface area contributed by atoms with E-state index in [0.29, 0.717) is 13.2 Å². The highest BCUT2D eigenvalue weighted by Gasteiger charge is 2.29. The van der Waals surface area contributed by atoms with E-state index in [9.17, 15) is 9.59 Å². The molecule has 110 valence electrons. The molecule has 1 heterocycles. The second-order valence-electron chi connectivity index (χ2n) is 5.47. The topological polar surface area (TPSA) is 64.6 Å². The van der Waals surface area contributed by atoms with Gasteiger partial charge in [-0.15, -0.1) is 0 Å². The minimum Gasteiger partial charge on any atom is -0.444 e. The second-order valence-corrected chi connectivity index (χ2v) is 5.47. The molecule has 0 aliphatic carbocycles. The van der Waals surface area contributed by atoms with Crippen LogP contribution in [0.5, 0.6) is 0 Å². The molecule has 3 atom stereocenters. The molecule has 0 aromatic carbocycles. The quantitative estimate of drug-likeness (QED) is 0.804. The molecule has 1 unspecified atom stereocenters. The first-order valence-corrected chi connectivity index (χ1v) is 7.04. The minimum absolute atomic E-state index is 0.0499. The van der Waals surface area contributed by atoms with Crippen molar-refractivity contribution >= 4 is 11.9 Å². The summed E-state index contributed by atoms with van der Waals surface area (Å²) < 4.78 is 10.4. The largest absolute Gasteiger partial charge is 0.444 e. The Labute approximate surface area is 115 Å². The van der Waals surface area contributed by atoms with Crippen LogP contribution in [0.3, 0.4) is 0 Å². The number of Topliss-reactive ketones (excluding diaryl/α,β-unsaturated/α-hetero) is 1. The molecular weight excluding hydrogens is 246 g/mol. The molecule has 1 saturated heterocycles. The zero-order chi connectivity index (χ0) is 14.4. The summed E-state index contributed by atoms with van der Waals surface area (Å²) in [6.45, 7) is 8.76. The zero-order valence-corrected chi connectivity index (χ0v) is 12.3. The fourth-order valence-electron chi connectivity index (χ4n) is 1.99. The lowest BCUT2D eigenvalue weighted by Gasteiger charge is -2.24. The van der Waals surface area contributed by atoms with Gasteiger partial charge in [0, 0.05) is 12.3 Å². The van der Waals surface area contributed by atoms with Crippen LogP contribution in [0.1, 0.15) is 40.5 Å². The van der Waals surface area contributed by atoms with Gasteiger partial charge in [0.2, 0.25) is 0 Å². The summed E-state index contributed by atoms with van der Waals surface area (Å²) in [7, 11) is 0. The Hall–Kier alpha value is -1.10. The van der Waals surface area contributed by atoms with Gasteiger partial charge in [-0.1, -0.05) is 27.7 Å². The molecule has 1 aliphatic heterocycles. The minimum atomic E-state index is -0.522. The maximum atomic E-state index is 12.2. The average molecular weight is 271 g/mol. The Kier molecular flexibility index (Phi) is 6.28. The first-order valence-electron chi connectivity index (χ1n) is 7.04. The SMILES string of the molecule is CCC(C)C(=O)[C@@H](NC(=O)O[C@@H]1CCOC1)C(C)C. The van der Waals surface area contributed by atoms with Crippen molar-refractivity contribution < 1.29 is 19.1 Å². The molecule has 1 amide bonds. The first-order chi connectivity index (χ1) is 8.95. The Morgan fingerprint density at radius 2 is 2.05 bits per heavy atom. The van der Waals surface area contributed by atoms with E-state index >= 15 is 0 Å². The summed E-state index contributed by atoms with van der Waals surface area (Å²) in [4.78, 5) is 24.0. The Balaban J connectivity index is 2.52. The fourth-order valence-corrected chi connectivity index (χ4v) is 1.99. The predicted octanol–water partition coefficient (Wildman–Crippen LogP) is 2.14. The number of carbonyl (C=O) groups is 2. The molecule has 0 saturated carbocycles. The van der Waals surface area contributed by atoms with Crippen LogP contribution in [0.15, 0.2) is 0 Å². The average Bonchev–Trinajstić information content (AvgIpc) is 2.86. The molecule has 1 fully saturated rings. The zero-order valence-electron chi connectivity index (χ0n) is 12.3. The van der Waals surface area contributed by atoms with Crippen molar-refractivity contribution in [3.05, 3.63) is 0 Å². The number of carbonyl (C=O) groups excluding carboxylic acids is 2. The molecule has 1 aliphatic rings. The van der Waals surface area contributed by atoms with Crippen molar-refractivity contribution in [1.82, 2.24) is 5.32 Å². The molecule has 0 bridgehead atoms. The van der Waals surface area contributed by atoms with Crippen LogP contribution in [-0.4, -0.2) is 37.2 Å². The molecule has 0 aromatic heterocycles. The third kappa shape index (κ3) is 4.82. The second kappa shape index (κ2) is 7.48. The fraction of sp³-hybridized carbons (Fsp3) is 0.857. The number of alkyl carbamates (subject to hydrolysis) is 1. The Morgan fingerprint density at radius 3 is 2.53 bits per heavy atom. The third-order valence-corrected chi connectivity index (χ3v) is 3.51. The summed E-state index contributed by atoms with van der Waals surface area (Å²) in [6, 6.07) is -0.482. The van der Waals surface area contributed by atoms with Crippen LogP contribution in [-0.2, 0) is 14.3 Å². The Bertz CT molecular complexity index is 311. The van der Waals surface area contributed by atoms with Gasteiger partial charge in [0.25, 0.3) is 0 Å². The number of ether oxygens (including phenoxy) is 2. The maximum absolute atomic E-state index is 12.2. The molecule has 19 heavy (non-hydrogen) atoms. The lowest BCUT2D eigenvalue weighted by atomic mass is 9.91. The van der Waals surface area contributed by atoms with Crippen molar-refractivity contribution in [2.45, 2.75) is 52.7 Å². The highest BCUT2D eigenvalue weighted by Crippen LogP contribution is 2.13. The van der Waals surface area contributed by atoms with Crippen LogP contribution in [0.4, 0.5) is 4.79 Å². The van der Waals surface area contributed by atoms with Crippen molar-refractivity contribution in [3.63, 3.8) is 0 Å². The van der Waals surface area contributed by atoms with E-state index in [1.807, 2.05) is 27.7 Å². The summed E-state index contributed by atoms with van der Waals surface area (Å²) >= 11 is 0. The van der Waals surface area contributed by atoms with Crippen molar-refractivity contribution in [2.24, 2.45) is 11.8 Å². The number of nitrogens with one attached hydrogen (secondary N) is 1. The van der Waals surface area contributed by atoms with E-state index in [2.05, 4.69) is 5.32 Å². The number of hydrogen-bond acceptors (Lipinski definition) is 4. The van der Waals surface area contributed by atoms with Crippen LogP contribution in [0.25, 0.3) is 0 Å². The molecule has 5 heteroatoms. The van der Waals surface area contributed by atoms with Crippen molar-refractivity contribution in [3.8, 4) is 0 Å². The van der Waals surface area contributed by atoms with Gasteiger partial charge in [0.1, 0.15) is 6.10 Å². The summed E-state index contributed by atoms with van der Waals surface area (Å²) in [5.41, 5.74) is 0. The van der Waals surface area contributed by atoms with Gasteiger partial charge in [-0.05, 0) is 12.3 Å². The predicted molar refractivity (Wildman–Crippen MR) is 71.9 cm³/mol. The molecule has 5 nitrogen and oxygen atoms in total. The van der Waals surface area contributed by atoms with Gasteiger partial charge in [-0.25, -0.2) is 4.79 Å². The third-order valence-electron chi connectivity index (χ3n) is 3.51. The number of hydrogen-bond donors (Lipinski definition) is 1. The molecule has 0 spiro atoms. The standard InChI is InChI=1S/C14H25NO4/c1-5-10(4)13(16)12(9(2)3)15-14(17)19-11-6-7-18-8-11/h9-12H,5-8H2,1-4H3,(H,15,17)/t10?,11-,12+/m1/s1. The van der Waals surface area contributed by atoms with Crippen LogP contribution in [0, 0.1) is 11.8 Å². The van der Waals surface area contributed by atoms with Crippen molar-refractivity contribution in [2.75, 3.05) is 13.2 Å². The van der Waals surface area contributed by atoms with E-state index in [0.717, 1.165) is 12.8 Å². The normalized spacial score (nSPS) is 22.1. The van der Waals surface area contributed by atoms with Crippen LogP contribution >= 0.6 is 0 Å². The van der Waals surface area contributed by atoms with Gasteiger partial charge >= 0.3 is 6.09 Å². The molecule has 1 N–H and O–H groups in total. The smallest absolute Gasteiger partial charge is 0.408 e. The van der Waals surface area contributed by atoms with Gasteiger partial charge in [0.05, 0.1) is 19.3 Å². The maximum Gasteiger partial charge on any atom is 0.408 e. The summed E-state index contributed by atoms with van der Waals surface area (Å²) in [6.07, 6.45) is 0.784. The molecule has 0 aromatic rings. The number of rotatable bonds is 6. The van der Waals surface area contributed by atoms with Gasteiger partial charge < -0.3 is 14.8 Å². The summed E-state index contributed by atoms with van der Waals surface area (Å²) in [5.74, 6) is 0.0634. The van der Waals surface area contributed by atoms with Gasteiger partial charge in [-0.2, -0.15) is 0 Å². The van der Waals surface area contributed by atoms with E-state index < -0.39 is 12.1 Å². The highest BCUT2D eigenvalue weighted by atomic mass is 16.6. The highest BCUT2D eigenvalue weighted by molar-refractivity contribution is 5.89. The van der Waals surface area contributed by atoms with E-state index in [-0.39, 0.29) is 23.7 Å². The van der Waals surface area contributed by atoms with Crippen LogP contribution in [0.2, 0.25) is 0 Å². The monoisotopic (exact) mass is 271 g/mol. The molecule has 1 rings (SSSR count). The first kappa shape index (κ1) is 16.0. The van der Waals surface area contributed by atoms with E-state index in [1.165, 1.54) is 0 Å². The van der Waals surface area contributed by atoms with E-state index in [4.69, 9.17) is 9.47 Å². The van der Waals surface area contributed by atoms with Crippen molar-refractivity contribution in [1.29, 1.82) is 0 Å². The van der Waals surface area contributed by atoms with Gasteiger partial charge in [0.15, 0.2) is 5.78 Å². The number of amides is 1. The van der Waals surface area contributed by atoms with Gasteiger partial charge in [-0.3, -0.25) is 4.79 Å². The van der Waals surface area contributed by atoms with Crippen LogP contribution < -0.4 is 5.32 Å². The van der Waals surface area contributed by atoms with E-state index in [1.54, 1.807) is 0 Å². The lowest BCUT2D eigenvalue weighted by Crippen LogP contribution is -2.47.